The highest BCUT2D eigenvalue weighted by Crippen LogP contribution is 2.88. The molecule has 0 aromatic carbocycles. The van der Waals surface area contributed by atoms with Crippen LogP contribution >= 0.6 is 0 Å². The number of hydrogen-bond donors (Lipinski definition) is 0. The maximum absolute atomic E-state index is 2.54. The predicted molar refractivity (Wildman–Crippen MR) is 45.6 cm³/mol. The van der Waals surface area contributed by atoms with Crippen molar-refractivity contribution in [1.82, 2.24) is 0 Å². The summed E-state index contributed by atoms with van der Waals surface area (Å²) in [7, 11) is 2.54. The molecule has 57 valence electrons. The van der Waals surface area contributed by atoms with E-state index in [9.17, 15) is 0 Å². The van der Waals surface area contributed by atoms with Gasteiger partial charge >= 0.3 is 0 Å². The maximum atomic E-state index is 2.54. The molecular weight excluding hydrogens is 131 g/mol. The molecule has 4 aliphatic rings. The zero-order valence-corrected chi connectivity index (χ0v) is 7.09. The normalized spacial score (nSPS) is 74.8. The topological polar surface area (TPSA) is 0 Å². The van der Waals surface area contributed by atoms with Gasteiger partial charge in [-0.15, -0.1) is 0 Å². The Morgan fingerprint density at radius 2 is 1.82 bits per heavy atom. The van der Waals surface area contributed by atoms with Crippen LogP contribution < -0.4 is 0 Å². The summed E-state index contributed by atoms with van der Waals surface area (Å²) in [5.41, 5.74) is 0.909. The first-order valence-electron chi connectivity index (χ1n) is 5.19. The molecule has 0 aromatic rings. The molecule has 1 heterocycles. The lowest BCUT2D eigenvalue weighted by atomic mass is 9.40. The molecule has 1 spiro atoms. The second-order valence-electron chi connectivity index (χ2n) is 5.30. The molecule has 5 unspecified atom stereocenters. The van der Waals surface area contributed by atoms with Crippen LogP contribution in [0.2, 0.25) is 12.1 Å². The first-order chi connectivity index (χ1) is 5.36. The second-order valence-corrected chi connectivity index (χ2v) is 5.30. The lowest BCUT2D eigenvalue weighted by Crippen LogP contribution is -2.38. The Bertz CT molecular complexity index is 219. The smallest absolute Gasteiger partial charge is 0.0743 e. The molecule has 0 nitrogen and oxygen atoms in total. The van der Waals surface area contributed by atoms with Gasteiger partial charge in [0.2, 0.25) is 0 Å². The Balaban J connectivity index is 1.71. The molecule has 11 heavy (non-hydrogen) atoms. The third-order valence-corrected chi connectivity index (χ3v) is 5.50. The molecule has 4 fully saturated rings. The quantitative estimate of drug-likeness (QED) is 0.458. The monoisotopic (exact) mass is 145 g/mol. The minimum atomic E-state index is 0.909. The molecule has 5 atom stereocenters. The van der Waals surface area contributed by atoms with Gasteiger partial charge in [0.15, 0.2) is 0 Å². The fraction of sp³-hybridized carbons (Fsp3) is 1.00. The van der Waals surface area contributed by atoms with Gasteiger partial charge < -0.3 is 0 Å². The van der Waals surface area contributed by atoms with E-state index in [1.807, 2.05) is 0 Å². The summed E-state index contributed by atoms with van der Waals surface area (Å²) in [5.74, 6) is 5.87. The summed E-state index contributed by atoms with van der Waals surface area (Å²) in [6, 6.07) is 0. The van der Waals surface area contributed by atoms with Gasteiger partial charge in [0.05, 0.1) is 0 Å². The zero-order chi connectivity index (χ0) is 7.22. The predicted octanol–water partition coefficient (Wildman–Crippen LogP) is 2.20. The number of rotatable bonds is 0. The van der Waals surface area contributed by atoms with Gasteiger partial charge in [-0.05, 0) is 41.9 Å². The van der Waals surface area contributed by atoms with Crippen molar-refractivity contribution in [1.29, 1.82) is 0 Å². The minimum absolute atomic E-state index is 0.909. The largest absolute Gasteiger partial charge is 0.114 e. The molecule has 1 saturated heterocycles. The molecule has 3 aliphatic carbocycles. The van der Waals surface area contributed by atoms with E-state index < -0.39 is 0 Å². The average molecular weight is 145 g/mol. The highest BCUT2D eigenvalue weighted by Gasteiger charge is 2.82. The van der Waals surface area contributed by atoms with Crippen LogP contribution in [0.3, 0.4) is 0 Å². The fourth-order valence-corrected chi connectivity index (χ4v) is 4.65. The van der Waals surface area contributed by atoms with E-state index in [-0.39, 0.29) is 0 Å². The Hall–Kier alpha value is 0.0649. The summed E-state index contributed by atoms with van der Waals surface area (Å²) in [4.78, 5) is 0. The Morgan fingerprint density at radius 1 is 1.18 bits per heavy atom. The highest BCUT2D eigenvalue weighted by atomic mass is 14.8. The van der Waals surface area contributed by atoms with E-state index in [1.54, 1.807) is 12.8 Å². The summed E-state index contributed by atoms with van der Waals surface area (Å²) in [5, 5.41) is 0. The fourth-order valence-electron chi connectivity index (χ4n) is 4.65. The average Bonchev–Trinajstić information content (AvgIpc) is 2.54. The zero-order valence-electron chi connectivity index (χ0n) is 7.09. The van der Waals surface area contributed by atoms with Crippen LogP contribution in [0.1, 0.15) is 19.8 Å². The summed E-state index contributed by atoms with van der Waals surface area (Å²) < 4.78 is 0. The summed E-state index contributed by atoms with van der Waals surface area (Å²) >= 11 is 0. The molecule has 1 radical (unpaired) electrons. The van der Waals surface area contributed by atoms with Gasteiger partial charge in [-0.1, -0.05) is 19.1 Å². The van der Waals surface area contributed by atoms with Crippen molar-refractivity contribution in [2.75, 3.05) is 0 Å². The lowest BCUT2D eigenvalue weighted by molar-refractivity contribution is 0.0372. The van der Waals surface area contributed by atoms with E-state index in [4.69, 9.17) is 0 Å². The van der Waals surface area contributed by atoms with Gasteiger partial charge in [-0.3, -0.25) is 0 Å². The number of hydrogen-bond acceptors (Lipinski definition) is 0. The molecule has 1 heteroatoms. The van der Waals surface area contributed by atoms with E-state index in [1.165, 1.54) is 30.0 Å². The van der Waals surface area contributed by atoms with Crippen molar-refractivity contribution < 1.29 is 0 Å². The van der Waals surface area contributed by atoms with Gasteiger partial charge in [-0.2, -0.15) is 0 Å². The molecule has 0 bridgehead atoms. The van der Waals surface area contributed by atoms with E-state index in [0.29, 0.717) is 0 Å². The van der Waals surface area contributed by atoms with Crippen LogP contribution in [0.5, 0.6) is 0 Å². The molecule has 4 rings (SSSR count). The van der Waals surface area contributed by atoms with Crippen LogP contribution in [0.25, 0.3) is 0 Å². The Morgan fingerprint density at radius 3 is 2.09 bits per heavy atom. The first-order valence-corrected chi connectivity index (χ1v) is 5.19. The minimum Gasteiger partial charge on any atom is -0.0743 e. The molecule has 0 aromatic heterocycles. The van der Waals surface area contributed by atoms with Crippen molar-refractivity contribution >= 4 is 7.28 Å². The van der Waals surface area contributed by atoms with Crippen LogP contribution in [-0.4, -0.2) is 7.28 Å². The van der Waals surface area contributed by atoms with Gasteiger partial charge in [-0.25, -0.2) is 0 Å². The van der Waals surface area contributed by atoms with Crippen LogP contribution in [0.4, 0.5) is 0 Å². The first kappa shape index (κ1) is 5.67. The van der Waals surface area contributed by atoms with Gasteiger partial charge in [0.25, 0.3) is 0 Å². The Kier molecular flexibility index (Phi) is 0.678. The maximum Gasteiger partial charge on any atom is 0.114 e. The number of fused-ring (bicyclic) bond motifs is 6. The van der Waals surface area contributed by atoms with Crippen LogP contribution in [-0.2, 0) is 0 Å². The molecule has 3 saturated carbocycles. The van der Waals surface area contributed by atoms with Crippen LogP contribution in [0.15, 0.2) is 0 Å². The van der Waals surface area contributed by atoms with Crippen molar-refractivity contribution in [3.05, 3.63) is 0 Å². The molecule has 1 aliphatic heterocycles. The molecule has 0 N–H and O–H groups in total. The molecule has 0 amide bonds. The summed E-state index contributed by atoms with van der Waals surface area (Å²) in [6.45, 7) is 2.45. The second kappa shape index (κ2) is 1.32. The highest BCUT2D eigenvalue weighted by molar-refractivity contribution is 6.43. The third-order valence-electron chi connectivity index (χ3n) is 5.50. The van der Waals surface area contributed by atoms with Crippen molar-refractivity contribution in [3.8, 4) is 0 Å². The standard InChI is InChI=1S/C10H14B/c1-5-10(4-11-5)8-6-2-3-7(6)9(8)10/h5-9H,2-4H2,1H3. The van der Waals surface area contributed by atoms with E-state index in [2.05, 4.69) is 14.2 Å². The Labute approximate surface area is 69.0 Å². The van der Waals surface area contributed by atoms with Gasteiger partial charge in [0.1, 0.15) is 7.28 Å². The SMILES string of the molecule is CC1[B]CC12C1C3CCC3C12. The van der Waals surface area contributed by atoms with Crippen molar-refractivity contribution in [2.24, 2.45) is 29.1 Å². The van der Waals surface area contributed by atoms with Crippen LogP contribution in [0, 0.1) is 29.1 Å². The van der Waals surface area contributed by atoms with Gasteiger partial charge in [0, 0.05) is 0 Å². The molecular formula is C10H14B. The summed E-state index contributed by atoms with van der Waals surface area (Å²) in [6.07, 6.45) is 4.65. The van der Waals surface area contributed by atoms with E-state index >= 15 is 0 Å². The lowest BCUT2D eigenvalue weighted by Gasteiger charge is -2.45. The van der Waals surface area contributed by atoms with Crippen molar-refractivity contribution in [2.45, 2.75) is 31.9 Å². The van der Waals surface area contributed by atoms with E-state index in [0.717, 1.165) is 11.2 Å². The third kappa shape index (κ3) is 0.353. The van der Waals surface area contributed by atoms with Crippen molar-refractivity contribution in [3.63, 3.8) is 0 Å².